The highest BCUT2D eigenvalue weighted by atomic mass is 16.2. The number of fused-ring (bicyclic) bond motifs is 1. The van der Waals surface area contributed by atoms with Gasteiger partial charge in [0, 0.05) is 45.1 Å². The molecule has 32 heavy (non-hydrogen) atoms. The zero-order chi connectivity index (χ0) is 22.4. The summed E-state index contributed by atoms with van der Waals surface area (Å²) in [6.45, 7) is 1.51. The summed E-state index contributed by atoms with van der Waals surface area (Å²) in [5, 5.41) is 4.48. The lowest BCUT2D eigenvalue weighted by molar-refractivity contribution is -0.132. The Morgan fingerprint density at radius 3 is 2.22 bits per heavy atom. The molecule has 1 aromatic heterocycles. The van der Waals surface area contributed by atoms with Gasteiger partial charge in [-0.3, -0.25) is 23.9 Å². The molecule has 0 unspecified atom stereocenters. The summed E-state index contributed by atoms with van der Waals surface area (Å²) in [6, 6.07) is 7.10. The number of amides is 3. The van der Waals surface area contributed by atoms with Gasteiger partial charge in [-0.05, 0) is 44.2 Å². The molecule has 3 heterocycles. The number of rotatable bonds is 6. The zero-order valence-electron chi connectivity index (χ0n) is 18.2. The van der Waals surface area contributed by atoms with Crippen LogP contribution in [0.15, 0.2) is 29.1 Å². The Morgan fingerprint density at radius 1 is 1.00 bits per heavy atom. The van der Waals surface area contributed by atoms with E-state index in [1.165, 1.54) is 9.58 Å². The lowest BCUT2D eigenvalue weighted by Crippen LogP contribution is -2.39. The summed E-state index contributed by atoms with van der Waals surface area (Å²) in [5.41, 5.74) is 0.823. The van der Waals surface area contributed by atoms with E-state index in [2.05, 4.69) is 5.10 Å². The number of likely N-dealkylation sites (tertiary alicyclic amines) is 1. The molecule has 9 heteroatoms. The molecule has 0 atom stereocenters. The molecule has 2 fully saturated rings. The number of benzene rings is 1. The van der Waals surface area contributed by atoms with Crippen molar-refractivity contribution in [2.45, 2.75) is 50.5 Å². The van der Waals surface area contributed by atoms with Crippen LogP contribution >= 0.6 is 0 Å². The molecule has 2 aromatic rings. The molecule has 0 spiro atoms. The Hall–Kier alpha value is -3.23. The second-order valence-corrected chi connectivity index (χ2v) is 8.93. The van der Waals surface area contributed by atoms with Crippen LogP contribution in [0.5, 0.6) is 0 Å². The van der Waals surface area contributed by atoms with Crippen LogP contribution in [0, 0.1) is 0 Å². The fourth-order valence-electron chi connectivity index (χ4n) is 4.83. The number of carbonyl (C=O) groups is 3. The first-order chi connectivity index (χ1) is 15.5. The molecular formula is C23H27N5O4. The summed E-state index contributed by atoms with van der Waals surface area (Å²) in [6.07, 6.45) is 4.38. The number of imide groups is 1. The molecule has 3 aliphatic rings. The molecule has 2 aliphatic heterocycles. The highest BCUT2D eigenvalue weighted by Gasteiger charge is 2.36. The largest absolute Gasteiger partial charge is 0.345 e. The maximum atomic E-state index is 12.7. The average molecular weight is 438 g/mol. The Morgan fingerprint density at radius 2 is 1.62 bits per heavy atom. The number of hydrogen-bond acceptors (Lipinski definition) is 5. The van der Waals surface area contributed by atoms with Crippen molar-refractivity contribution in [2.75, 3.05) is 19.6 Å². The fourth-order valence-corrected chi connectivity index (χ4v) is 4.83. The fraction of sp³-hybridized carbons (Fsp3) is 0.522. The van der Waals surface area contributed by atoms with Crippen molar-refractivity contribution in [3.63, 3.8) is 0 Å². The Labute approximate surface area is 185 Å². The minimum absolute atomic E-state index is 0.0423. The molecular weight excluding hydrogens is 410 g/mol. The predicted octanol–water partition coefficient (Wildman–Crippen LogP) is 1.70. The minimum Gasteiger partial charge on any atom is -0.343 e. The third kappa shape index (κ3) is 3.55. The molecule has 9 nitrogen and oxygen atoms in total. The summed E-state index contributed by atoms with van der Waals surface area (Å²) in [5.74, 6) is 0.525. The molecule has 0 bridgehead atoms. The maximum absolute atomic E-state index is 12.7. The van der Waals surface area contributed by atoms with Gasteiger partial charge in [0.05, 0.1) is 11.1 Å². The van der Waals surface area contributed by atoms with Crippen molar-refractivity contribution in [3.05, 3.63) is 51.7 Å². The molecule has 0 radical (unpaired) electrons. The number of piperidine rings is 1. The van der Waals surface area contributed by atoms with Crippen LogP contribution in [-0.4, -0.2) is 61.5 Å². The minimum atomic E-state index is -0.282. The van der Waals surface area contributed by atoms with Gasteiger partial charge in [-0.1, -0.05) is 12.1 Å². The van der Waals surface area contributed by atoms with E-state index in [9.17, 15) is 19.2 Å². The topological polar surface area (TPSA) is 97.5 Å². The van der Waals surface area contributed by atoms with Crippen molar-refractivity contribution in [1.29, 1.82) is 0 Å². The molecule has 168 valence electrons. The van der Waals surface area contributed by atoms with Gasteiger partial charge in [-0.2, -0.15) is 5.10 Å². The highest BCUT2D eigenvalue weighted by Crippen LogP contribution is 2.37. The smallest absolute Gasteiger partial charge is 0.343 e. The van der Waals surface area contributed by atoms with E-state index in [1.54, 1.807) is 31.3 Å². The maximum Gasteiger partial charge on any atom is 0.345 e. The van der Waals surface area contributed by atoms with Crippen molar-refractivity contribution in [2.24, 2.45) is 7.05 Å². The van der Waals surface area contributed by atoms with Crippen molar-refractivity contribution in [1.82, 2.24) is 24.1 Å². The molecule has 0 N–H and O–H groups in total. The SMILES string of the molecule is Cn1nc(C2CCN(C(=O)CCCN3C(=O)c4ccccc4C3=O)CC2)n(C2CC2)c1=O. The van der Waals surface area contributed by atoms with Crippen LogP contribution < -0.4 is 5.69 Å². The number of aromatic nitrogens is 3. The van der Waals surface area contributed by atoms with E-state index in [0.29, 0.717) is 37.1 Å². The number of nitrogens with zero attached hydrogens (tertiary/aromatic N) is 5. The predicted molar refractivity (Wildman–Crippen MR) is 115 cm³/mol. The lowest BCUT2D eigenvalue weighted by Gasteiger charge is -2.31. The highest BCUT2D eigenvalue weighted by molar-refractivity contribution is 6.21. The van der Waals surface area contributed by atoms with Gasteiger partial charge in [-0.15, -0.1) is 0 Å². The van der Waals surface area contributed by atoms with Crippen molar-refractivity contribution in [3.8, 4) is 0 Å². The van der Waals surface area contributed by atoms with Crippen LogP contribution in [0.3, 0.4) is 0 Å². The van der Waals surface area contributed by atoms with Gasteiger partial charge >= 0.3 is 5.69 Å². The van der Waals surface area contributed by atoms with E-state index in [4.69, 9.17) is 0 Å². The van der Waals surface area contributed by atoms with E-state index in [0.717, 1.165) is 31.5 Å². The van der Waals surface area contributed by atoms with E-state index >= 15 is 0 Å². The summed E-state index contributed by atoms with van der Waals surface area (Å²) in [7, 11) is 1.69. The van der Waals surface area contributed by atoms with Crippen LogP contribution in [0.4, 0.5) is 0 Å². The third-order valence-electron chi connectivity index (χ3n) is 6.76. The van der Waals surface area contributed by atoms with Gasteiger partial charge in [-0.25, -0.2) is 9.48 Å². The summed E-state index contributed by atoms with van der Waals surface area (Å²) < 4.78 is 3.27. The Balaban J connectivity index is 1.13. The second kappa shape index (κ2) is 8.03. The van der Waals surface area contributed by atoms with Crippen LogP contribution in [0.25, 0.3) is 0 Å². The Kier molecular flexibility index (Phi) is 5.19. The average Bonchev–Trinajstić information content (AvgIpc) is 3.56. The quantitative estimate of drug-likeness (QED) is 0.641. The van der Waals surface area contributed by atoms with Gasteiger partial charge in [0.15, 0.2) is 0 Å². The van der Waals surface area contributed by atoms with Gasteiger partial charge in [0.2, 0.25) is 5.91 Å². The number of aryl methyl sites for hydroxylation is 1. The Bertz CT molecular complexity index is 1100. The molecule has 1 saturated carbocycles. The van der Waals surface area contributed by atoms with Gasteiger partial charge in [0.25, 0.3) is 11.8 Å². The monoisotopic (exact) mass is 437 g/mol. The van der Waals surface area contributed by atoms with Crippen LogP contribution in [-0.2, 0) is 11.8 Å². The van der Waals surface area contributed by atoms with Gasteiger partial charge in [0.1, 0.15) is 5.82 Å². The molecule has 3 amide bonds. The van der Waals surface area contributed by atoms with Crippen molar-refractivity contribution >= 4 is 17.7 Å². The zero-order valence-corrected chi connectivity index (χ0v) is 18.2. The van der Waals surface area contributed by atoms with E-state index < -0.39 is 0 Å². The third-order valence-corrected chi connectivity index (χ3v) is 6.76. The van der Waals surface area contributed by atoms with E-state index in [1.807, 2.05) is 9.47 Å². The molecule has 1 aliphatic carbocycles. The van der Waals surface area contributed by atoms with Crippen LogP contribution in [0.1, 0.15) is 77.0 Å². The van der Waals surface area contributed by atoms with Crippen molar-refractivity contribution < 1.29 is 14.4 Å². The second-order valence-electron chi connectivity index (χ2n) is 8.93. The lowest BCUT2D eigenvalue weighted by atomic mass is 9.95. The van der Waals surface area contributed by atoms with Crippen LogP contribution in [0.2, 0.25) is 0 Å². The molecule has 1 saturated heterocycles. The van der Waals surface area contributed by atoms with E-state index in [-0.39, 0.29) is 41.9 Å². The standard InChI is InChI=1S/C23H27N5O4/c1-25-23(32)28(16-8-9-16)20(24-25)15-10-13-26(14-11-15)19(29)7-4-12-27-21(30)17-5-2-3-6-18(17)22(27)31/h2-3,5-6,15-16H,4,7-14H2,1H3. The summed E-state index contributed by atoms with van der Waals surface area (Å²) >= 11 is 0. The van der Waals surface area contributed by atoms with Gasteiger partial charge < -0.3 is 4.90 Å². The first kappa shape index (κ1) is 20.7. The first-order valence-electron chi connectivity index (χ1n) is 11.3. The normalized spacial score (nSPS) is 19.0. The number of carbonyl (C=O) groups excluding carboxylic acids is 3. The molecule has 5 rings (SSSR count). The number of hydrogen-bond donors (Lipinski definition) is 0. The molecule has 1 aromatic carbocycles. The summed E-state index contributed by atoms with van der Waals surface area (Å²) in [4.78, 5) is 53.0. The first-order valence-corrected chi connectivity index (χ1v) is 11.3.